The van der Waals surface area contributed by atoms with E-state index in [-0.39, 0.29) is 0 Å². The first-order valence-corrected chi connectivity index (χ1v) is 8.82. The minimum absolute atomic E-state index is 0.635. The standard InChI is InChI=1S/C16H29N3S/c1-5-13(4)16-10-19(9-15-8-17-11-20-15)14(7-18-16)6-12(2)3/h8,11-14,16,18H,5-7,9-10H2,1-4H3. The van der Waals surface area contributed by atoms with Gasteiger partial charge in [-0.05, 0) is 18.3 Å². The van der Waals surface area contributed by atoms with Crippen molar-refractivity contribution in [2.75, 3.05) is 13.1 Å². The van der Waals surface area contributed by atoms with Crippen LogP contribution in [0.3, 0.4) is 0 Å². The van der Waals surface area contributed by atoms with Crippen LogP contribution in [0.2, 0.25) is 0 Å². The minimum atomic E-state index is 0.635. The fourth-order valence-electron chi connectivity index (χ4n) is 3.04. The Bertz CT molecular complexity index is 377. The summed E-state index contributed by atoms with van der Waals surface area (Å²) in [6.45, 7) is 12.7. The Balaban J connectivity index is 2.02. The summed E-state index contributed by atoms with van der Waals surface area (Å²) in [5.41, 5.74) is 1.95. The normalized spacial score (nSPS) is 26.1. The molecule has 3 atom stereocenters. The third-order valence-electron chi connectivity index (χ3n) is 4.48. The number of nitrogens with one attached hydrogen (secondary N) is 1. The molecule has 1 aromatic heterocycles. The van der Waals surface area contributed by atoms with Gasteiger partial charge in [0, 0.05) is 42.8 Å². The van der Waals surface area contributed by atoms with E-state index in [9.17, 15) is 0 Å². The lowest BCUT2D eigenvalue weighted by atomic mass is 9.93. The highest BCUT2D eigenvalue weighted by molar-refractivity contribution is 7.09. The molecule has 4 heteroatoms. The molecule has 0 radical (unpaired) electrons. The van der Waals surface area contributed by atoms with Crippen LogP contribution >= 0.6 is 11.3 Å². The van der Waals surface area contributed by atoms with Gasteiger partial charge in [0.15, 0.2) is 0 Å². The summed E-state index contributed by atoms with van der Waals surface area (Å²) in [7, 11) is 0. The third-order valence-corrected chi connectivity index (χ3v) is 5.24. The maximum absolute atomic E-state index is 4.22. The Hall–Kier alpha value is -0.450. The molecule has 114 valence electrons. The molecule has 0 aliphatic carbocycles. The van der Waals surface area contributed by atoms with Gasteiger partial charge >= 0.3 is 0 Å². The van der Waals surface area contributed by atoms with E-state index in [0.29, 0.717) is 12.1 Å². The second-order valence-electron chi connectivity index (χ2n) is 6.58. The Labute approximate surface area is 127 Å². The SMILES string of the molecule is CCC(C)C1CN(Cc2cncs2)C(CC(C)C)CN1. The van der Waals surface area contributed by atoms with Crippen LogP contribution in [0.4, 0.5) is 0 Å². The van der Waals surface area contributed by atoms with Crippen LogP contribution in [0.1, 0.15) is 45.4 Å². The predicted molar refractivity (Wildman–Crippen MR) is 87.0 cm³/mol. The van der Waals surface area contributed by atoms with Gasteiger partial charge in [0.2, 0.25) is 0 Å². The van der Waals surface area contributed by atoms with E-state index < -0.39 is 0 Å². The topological polar surface area (TPSA) is 28.2 Å². The van der Waals surface area contributed by atoms with Crippen molar-refractivity contribution < 1.29 is 0 Å². The first-order chi connectivity index (χ1) is 9.60. The van der Waals surface area contributed by atoms with Gasteiger partial charge in [-0.2, -0.15) is 0 Å². The Morgan fingerprint density at radius 2 is 2.25 bits per heavy atom. The van der Waals surface area contributed by atoms with Crippen molar-refractivity contribution in [1.29, 1.82) is 0 Å². The molecular formula is C16H29N3S. The van der Waals surface area contributed by atoms with Crippen LogP contribution in [-0.2, 0) is 6.54 Å². The molecule has 1 aromatic rings. The maximum Gasteiger partial charge on any atom is 0.0794 e. The van der Waals surface area contributed by atoms with Crippen LogP contribution in [0.25, 0.3) is 0 Å². The van der Waals surface area contributed by atoms with E-state index in [4.69, 9.17) is 0 Å². The number of aromatic nitrogens is 1. The quantitative estimate of drug-likeness (QED) is 0.872. The lowest BCUT2D eigenvalue weighted by Gasteiger charge is -2.43. The van der Waals surface area contributed by atoms with Crippen molar-refractivity contribution in [2.24, 2.45) is 11.8 Å². The van der Waals surface area contributed by atoms with Crippen LogP contribution in [0, 0.1) is 11.8 Å². The molecule has 3 nitrogen and oxygen atoms in total. The number of hydrogen-bond donors (Lipinski definition) is 1. The van der Waals surface area contributed by atoms with Crippen LogP contribution in [0.5, 0.6) is 0 Å². The summed E-state index contributed by atoms with van der Waals surface area (Å²) < 4.78 is 0. The van der Waals surface area contributed by atoms with Gasteiger partial charge in [-0.1, -0.05) is 34.1 Å². The molecule has 0 amide bonds. The first kappa shape index (κ1) is 15.9. The number of thiazole rings is 1. The van der Waals surface area contributed by atoms with Gasteiger partial charge in [0.25, 0.3) is 0 Å². The molecule has 0 spiro atoms. The molecule has 3 unspecified atom stereocenters. The van der Waals surface area contributed by atoms with Crippen LogP contribution in [-0.4, -0.2) is 35.1 Å². The lowest BCUT2D eigenvalue weighted by Crippen LogP contribution is -2.58. The molecular weight excluding hydrogens is 266 g/mol. The third kappa shape index (κ3) is 4.27. The van der Waals surface area contributed by atoms with Gasteiger partial charge in [0.05, 0.1) is 5.51 Å². The summed E-state index contributed by atoms with van der Waals surface area (Å²) in [5, 5.41) is 3.78. The second-order valence-corrected chi connectivity index (χ2v) is 7.55. The summed E-state index contributed by atoms with van der Waals surface area (Å²) >= 11 is 1.78. The Kier molecular flexibility index (Phi) is 6.00. The van der Waals surface area contributed by atoms with Crippen LogP contribution < -0.4 is 5.32 Å². The van der Waals surface area contributed by atoms with E-state index in [1.165, 1.54) is 24.3 Å². The number of hydrogen-bond acceptors (Lipinski definition) is 4. The first-order valence-electron chi connectivity index (χ1n) is 7.95. The van der Waals surface area contributed by atoms with Gasteiger partial charge in [-0.25, -0.2) is 0 Å². The molecule has 1 fully saturated rings. The highest BCUT2D eigenvalue weighted by Gasteiger charge is 2.30. The van der Waals surface area contributed by atoms with Crippen molar-refractivity contribution >= 4 is 11.3 Å². The monoisotopic (exact) mass is 295 g/mol. The van der Waals surface area contributed by atoms with E-state index in [1.807, 2.05) is 11.7 Å². The molecule has 2 heterocycles. The zero-order valence-electron chi connectivity index (χ0n) is 13.3. The summed E-state index contributed by atoms with van der Waals surface area (Å²) in [6.07, 6.45) is 4.55. The molecule has 1 aliphatic rings. The highest BCUT2D eigenvalue weighted by atomic mass is 32.1. The van der Waals surface area contributed by atoms with Crippen molar-refractivity contribution in [3.8, 4) is 0 Å². The van der Waals surface area contributed by atoms with Crippen LogP contribution in [0.15, 0.2) is 11.7 Å². The summed E-state index contributed by atoms with van der Waals surface area (Å²) in [4.78, 5) is 8.29. The van der Waals surface area contributed by atoms with E-state index in [2.05, 4.69) is 42.9 Å². The molecule has 0 saturated carbocycles. The Morgan fingerprint density at radius 3 is 2.85 bits per heavy atom. The average molecular weight is 295 g/mol. The molecule has 2 rings (SSSR count). The largest absolute Gasteiger partial charge is 0.311 e. The summed E-state index contributed by atoms with van der Waals surface area (Å²) in [6, 6.07) is 1.30. The smallest absolute Gasteiger partial charge is 0.0794 e. The van der Waals surface area contributed by atoms with Crippen molar-refractivity contribution in [1.82, 2.24) is 15.2 Å². The molecule has 0 aromatic carbocycles. The molecule has 1 saturated heterocycles. The van der Waals surface area contributed by atoms with E-state index in [1.54, 1.807) is 11.3 Å². The van der Waals surface area contributed by atoms with Gasteiger partial charge in [0.1, 0.15) is 0 Å². The predicted octanol–water partition coefficient (Wildman–Crippen LogP) is 3.38. The van der Waals surface area contributed by atoms with E-state index in [0.717, 1.165) is 24.9 Å². The molecule has 20 heavy (non-hydrogen) atoms. The fraction of sp³-hybridized carbons (Fsp3) is 0.812. The number of nitrogens with zero attached hydrogens (tertiary/aromatic N) is 2. The fourth-order valence-corrected chi connectivity index (χ4v) is 3.66. The highest BCUT2D eigenvalue weighted by Crippen LogP contribution is 2.22. The number of rotatable bonds is 6. The van der Waals surface area contributed by atoms with E-state index >= 15 is 0 Å². The van der Waals surface area contributed by atoms with Gasteiger partial charge in [-0.3, -0.25) is 9.88 Å². The lowest BCUT2D eigenvalue weighted by molar-refractivity contribution is 0.0898. The van der Waals surface area contributed by atoms with Gasteiger partial charge < -0.3 is 5.32 Å². The average Bonchev–Trinajstić information content (AvgIpc) is 2.92. The van der Waals surface area contributed by atoms with Gasteiger partial charge in [-0.15, -0.1) is 11.3 Å². The number of piperazine rings is 1. The Morgan fingerprint density at radius 1 is 1.45 bits per heavy atom. The molecule has 1 N–H and O–H groups in total. The van der Waals surface area contributed by atoms with Crippen molar-refractivity contribution in [3.63, 3.8) is 0 Å². The molecule has 0 bridgehead atoms. The minimum Gasteiger partial charge on any atom is -0.311 e. The molecule has 1 aliphatic heterocycles. The van der Waals surface area contributed by atoms with Crippen molar-refractivity contribution in [3.05, 3.63) is 16.6 Å². The second kappa shape index (κ2) is 7.53. The maximum atomic E-state index is 4.22. The summed E-state index contributed by atoms with van der Waals surface area (Å²) in [5.74, 6) is 1.50. The zero-order chi connectivity index (χ0) is 14.5. The van der Waals surface area contributed by atoms with Crippen molar-refractivity contribution in [2.45, 2.75) is 59.2 Å². The zero-order valence-corrected chi connectivity index (χ0v) is 14.1.